The summed E-state index contributed by atoms with van der Waals surface area (Å²) in [5, 5.41) is 7.12. The van der Waals surface area contributed by atoms with Crippen LogP contribution >= 0.6 is 0 Å². The molecule has 2 aromatic heterocycles. The summed E-state index contributed by atoms with van der Waals surface area (Å²) in [6, 6.07) is 6.37. The zero-order valence-corrected chi connectivity index (χ0v) is 17.3. The van der Waals surface area contributed by atoms with Crippen molar-refractivity contribution in [2.24, 2.45) is 0 Å². The number of nitrogens with zero attached hydrogens (tertiary/aromatic N) is 3. The van der Waals surface area contributed by atoms with Gasteiger partial charge in [-0.1, -0.05) is 0 Å². The maximum Gasteiger partial charge on any atom is 0.490 e. The van der Waals surface area contributed by atoms with Crippen molar-refractivity contribution in [3.63, 3.8) is 0 Å². The molecule has 0 saturated carbocycles. The molecule has 2 aliphatic heterocycles. The Morgan fingerprint density at radius 2 is 1.97 bits per heavy atom. The lowest BCUT2D eigenvalue weighted by Crippen LogP contribution is -2.50. The molecule has 0 bridgehead atoms. The number of amides is 1. The Kier molecular flexibility index (Phi) is 7.46. The Balaban J connectivity index is 0.000000383. The second-order valence-electron chi connectivity index (χ2n) is 7.60. The summed E-state index contributed by atoms with van der Waals surface area (Å²) in [6.45, 7) is 1.56. The molecule has 0 unspecified atom stereocenters. The van der Waals surface area contributed by atoms with Crippen molar-refractivity contribution in [3.05, 3.63) is 54.2 Å². The van der Waals surface area contributed by atoms with Crippen LogP contribution in [0.2, 0.25) is 0 Å². The molecule has 1 amide bonds. The molecule has 4 rings (SSSR count). The van der Waals surface area contributed by atoms with Gasteiger partial charge in [-0.15, -0.1) is 0 Å². The van der Waals surface area contributed by atoms with Gasteiger partial charge >= 0.3 is 12.1 Å². The first kappa shape index (κ1) is 24.4. The van der Waals surface area contributed by atoms with Gasteiger partial charge in [0.05, 0.1) is 24.3 Å². The standard InChI is InChI=1S/C19H20FN3O3.C2HF3O2/c20-16-5-2-8-22-17(16)26-15-10-19(25-12-15)6-3-9-23(13-19)18(24)14-4-1-7-21-11-14;3-2(4,5)1(6)7/h1-2,4-5,7-8,11,15H,3,6,9-10,12-13H2;(H,6,7)/t15-,19+;/m1./s1. The molecule has 1 spiro atoms. The molecule has 12 heteroatoms. The monoisotopic (exact) mass is 471 g/mol. The van der Waals surface area contributed by atoms with E-state index in [0.29, 0.717) is 31.7 Å². The van der Waals surface area contributed by atoms with E-state index in [2.05, 4.69) is 9.97 Å². The third kappa shape index (κ3) is 6.37. The number of aromatic nitrogens is 2. The van der Waals surface area contributed by atoms with Crippen molar-refractivity contribution >= 4 is 11.9 Å². The Morgan fingerprint density at radius 3 is 2.61 bits per heavy atom. The number of pyridine rings is 2. The fourth-order valence-corrected chi connectivity index (χ4v) is 3.72. The number of hydrogen-bond donors (Lipinski definition) is 1. The van der Waals surface area contributed by atoms with Gasteiger partial charge < -0.3 is 19.5 Å². The lowest BCUT2D eigenvalue weighted by molar-refractivity contribution is -0.192. The number of carboxylic acids is 1. The van der Waals surface area contributed by atoms with Crippen molar-refractivity contribution in [1.29, 1.82) is 0 Å². The Bertz CT molecular complexity index is 976. The van der Waals surface area contributed by atoms with E-state index in [-0.39, 0.29) is 17.9 Å². The molecule has 0 aliphatic carbocycles. The van der Waals surface area contributed by atoms with E-state index in [1.165, 1.54) is 18.3 Å². The van der Waals surface area contributed by atoms with Crippen LogP contribution in [-0.2, 0) is 9.53 Å². The molecule has 2 saturated heterocycles. The van der Waals surface area contributed by atoms with Crippen molar-refractivity contribution in [1.82, 2.24) is 14.9 Å². The molecular formula is C21H21F4N3O5. The SMILES string of the molecule is O=C(O)C(F)(F)F.O=C(c1cccnc1)N1CCC[C@]2(C[C@@H](Oc3ncccc3F)CO2)C1. The molecular weight excluding hydrogens is 450 g/mol. The normalized spacial score (nSPS) is 22.4. The third-order valence-electron chi connectivity index (χ3n) is 5.16. The Hall–Kier alpha value is -3.28. The number of ether oxygens (including phenoxy) is 2. The lowest BCUT2D eigenvalue weighted by atomic mass is 9.89. The second kappa shape index (κ2) is 10.1. The van der Waals surface area contributed by atoms with E-state index in [0.717, 1.165) is 12.8 Å². The quantitative estimate of drug-likeness (QED) is 0.687. The molecule has 8 nitrogen and oxygen atoms in total. The number of likely N-dealkylation sites (tertiary alicyclic amines) is 1. The molecule has 0 radical (unpaired) electrons. The number of piperidine rings is 1. The van der Waals surface area contributed by atoms with Gasteiger partial charge in [-0.05, 0) is 37.1 Å². The minimum Gasteiger partial charge on any atom is -0.475 e. The van der Waals surface area contributed by atoms with E-state index in [1.54, 1.807) is 24.5 Å². The summed E-state index contributed by atoms with van der Waals surface area (Å²) in [4.78, 5) is 31.4. The van der Waals surface area contributed by atoms with Crippen LogP contribution in [0.1, 0.15) is 29.6 Å². The van der Waals surface area contributed by atoms with Gasteiger partial charge in [-0.25, -0.2) is 14.2 Å². The summed E-state index contributed by atoms with van der Waals surface area (Å²) in [7, 11) is 0. The zero-order chi connectivity index (χ0) is 24.1. The first-order valence-electron chi connectivity index (χ1n) is 10.0. The highest BCUT2D eigenvalue weighted by Crippen LogP contribution is 2.36. The molecule has 2 atom stereocenters. The number of halogens is 4. The molecule has 2 fully saturated rings. The van der Waals surface area contributed by atoms with Crippen molar-refractivity contribution in [2.45, 2.75) is 37.1 Å². The molecule has 2 aliphatic rings. The number of hydrogen-bond acceptors (Lipinski definition) is 6. The first-order chi connectivity index (χ1) is 15.6. The highest BCUT2D eigenvalue weighted by Gasteiger charge is 2.45. The summed E-state index contributed by atoms with van der Waals surface area (Å²) < 4.78 is 57.2. The highest BCUT2D eigenvalue weighted by atomic mass is 19.4. The maximum absolute atomic E-state index is 13.7. The second-order valence-corrected chi connectivity index (χ2v) is 7.60. The van der Waals surface area contributed by atoms with E-state index < -0.39 is 23.6 Å². The van der Waals surface area contributed by atoms with Crippen LogP contribution < -0.4 is 4.74 Å². The van der Waals surface area contributed by atoms with Gasteiger partial charge in [0.15, 0.2) is 5.82 Å². The van der Waals surface area contributed by atoms with Gasteiger partial charge in [-0.3, -0.25) is 9.78 Å². The molecule has 33 heavy (non-hydrogen) atoms. The molecule has 1 N–H and O–H groups in total. The van der Waals surface area contributed by atoms with Gasteiger partial charge in [0, 0.05) is 31.6 Å². The summed E-state index contributed by atoms with van der Waals surface area (Å²) in [5.41, 5.74) is 0.136. The first-order valence-corrected chi connectivity index (χ1v) is 10.0. The maximum atomic E-state index is 13.7. The van der Waals surface area contributed by atoms with E-state index in [9.17, 15) is 22.4 Å². The predicted octanol–water partition coefficient (Wildman–Crippen LogP) is 3.09. The zero-order valence-electron chi connectivity index (χ0n) is 17.3. The Morgan fingerprint density at radius 1 is 1.24 bits per heavy atom. The minimum absolute atomic E-state index is 0.00254. The largest absolute Gasteiger partial charge is 0.490 e. The van der Waals surface area contributed by atoms with E-state index >= 15 is 0 Å². The van der Waals surface area contributed by atoms with E-state index in [1.807, 2.05) is 4.90 Å². The van der Waals surface area contributed by atoms with Crippen LogP contribution in [0.4, 0.5) is 17.6 Å². The number of carboxylic acid groups (broad SMARTS) is 1. The van der Waals surface area contributed by atoms with Gasteiger partial charge in [-0.2, -0.15) is 13.2 Å². The summed E-state index contributed by atoms with van der Waals surface area (Å²) in [6.07, 6.45) is 1.69. The van der Waals surface area contributed by atoms with Crippen molar-refractivity contribution in [3.8, 4) is 5.88 Å². The molecule has 0 aromatic carbocycles. The number of carbonyl (C=O) groups excluding carboxylic acids is 1. The van der Waals surface area contributed by atoms with Gasteiger partial charge in [0.2, 0.25) is 0 Å². The topological polar surface area (TPSA) is 102 Å². The Labute approximate surface area is 186 Å². The van der Waals surface area contributed by atoms with Crippen LogP contribution in [0, 0.1) is 5.82 Å². The molecule has 4 heterocycles. The van der Waals surface area contributed by atoms with E-state index in [4.69, 9.17) is 19.4 Å². The average Bonchev–Trinajstić information content (AvgIpc) is 3.16. The fourth-order valence-electron chi connectivity index (χ4n) is 3.72. The number of aliphatic carboxylic acids is 1. The number of alkyl halides is 3. The molecule has 2 aromatic rings. The van der Waals surface area contributed by atoms with Gasteiger partial charge in [0.25, 0.3) is 11.8 Å². The van der Waals surface area contributed by atoms with Crippen LogP contribution in [-0.4, -0.2) is 69.4 Å². The molecule has 178 valence electrons. The minimum atomic E-state index is -5.08. The summed E-state index contributed by atoms with van der Waals surface area (Å²) in [5.74, 6) is -3.28. The average molecular weight is 471 g/mol. The highest BCUT2D eigenvalue weighted by molar-refractivity contribution is 5.94. The smallest absolute Gasteiger partial charge is 0.475 e. The van der Waals surface area contributed by atoms with Crippen LogP contribution in [0.25, 0.3) is 0 Å². The summed E-state index contributed by atoms with van der Waals surface area (Å²) >= 11 is 0. The third-order valence-corrected chi connectivity index (χ3v) is 5.16. The fraction of sp³-hybridized carbons (Fsp3) is 0.429. The van der Waals surface area contributed by atoms with Crippen LogP contribution in [0.3, 0.4) is 0 Å². The lowest BCUT2D eigenvalue weighted by Gasteiger charge is -2.39. The van der Waals surface area contributed by atoms with Crippen molar-refractivity contribution in [2.75, 3.05) is 19.7 Å². The van der Waals surface area contributed by atoms with Crippen molar-refractivity contribution < 1.29 is 41.7 Å². The van der Waals surface area contributed by atoms with Crippen LogP contribution in [0.15, 0.2) is 42.9 Å². The number of rotatable bonds is 3. The number of carbonyl (C=O) groups is 2. The predicted molar refractivity (Wildman–Crippen MR) is 105 cm³/mol. The van der Waals surface area contributed by atoms with Gasteiger partial charge in [0.1, 0.15) is 6.10 Å². The van der Waals surface area contributed by atoms with Crippen LogP contribution in [0.5, 0.6) is 5.88 Å².